The fraction of sp³-hybridized carbons (Fsp3) is 0.533. The van der Waals surface area contributed by atoms with Crippen LogP contribution in [0.25, 0.3) is 0 Å². The molecule has 1 aromatic rings. The van der Waals surface area contributed by atoms with Gasteiger partial charge in [0.15, 0.2) is 0 Å². The number of rotatable bonds is 4. The number of hydrogen-bond donors (Lipinski definition) is 2. The zero-order valence-corrected chi connectivity index (χ0v) is 11.3. The highest BCUT2D eigenvalue weighted by Crippen LogP contribution is 2.24. The van der Waals surface area contributed by atoms with Gasteiger partial charge in [0.05, 0.1) is 18.8 Å². The molecule has 2 N–H and O–H groups in total. The maximum atomic E-state index is 12.1. The highest BCUT2D eigenvalue weighted by molar-refractivity contribution is 5.96. The van der Waals surface area contributed by atoms with Crippen LogP contribution < -0.4 is 10.1 Å². The van der Waals surface area contributed by atoms with Gasteiger partial charge in [-0.15, -0.1) is 0 Å². The lowest BCUT2D eigenvalue weighted by atomic mass is 9.87. The van der Waals surface area contributed by atoms with Crippen LogP contribution in [0.15, 0.2) is 24.3 Å². The maximum absolute atomic E-state index is 12.1. The molecule has 0 spiro atoms. The van der Waals surface area contributed by atoms with Crippen LogP contribution in [0.2, 0.25) is 0 Å². The largest absolute Gasteiger partial charge is 0.496 e. The van der Waals surface area contributed by atoms with Gasteiger partial charge in [0.2, 0.25) is 0 Å². The minimum Gasteiger partial charge on any atom is -0.496 e. The fourth-order valence-corrected chi connectivity index (χ4v) is 2.51. The normalized spacial score (nSPS) is 22.8. The van der Waals surface area contributed by atoms with E-state index in [4.69, 9.17) is 4.74 Å². The van der Waals surface area contributed by atoms with Crippen LogP contribution in [0.1, 0.15) is 36.0 Å². The summed E-state index contributed by atoms with van der Waals surface area (Å²) in [4.78, 5) is 12.1. The Labute approximate surface area is 113 Å². The summed E-state index contributed by atoms with van der Waals surface area (Å²) in [6.07, 6.45) is 3.49. The Hall–Kier alpha value is -1.55. The van der Waals surface area contributed by atoms with E-state index >= 15 is 0 Å². The molecule has 0 unspecified atom stereocenters. The molecule has 0 atom stereocenters. The van der Waals surface area contributed by atoms with Crippen molar-refractivity contribution in [2.45, 2.75) is 31.8 Å². The van der Waals surface area contributed by atoms with Crippen LogP contribution in [-0.4, -0.2) is 30.8 Å². The van der Waals surface area contributed by atoms with Crippen molar-refractivity contribution in [3.63, 3.8) is 0 Å². The molecule has 1 saturated carbocycles. The first kappa shape index (κ1) is 13.9. The number of ether oxygens (including phenoxy) is 1. The number of aliphatic hydroxyl groups excluding tert-OH is 1. The summed E-state index contributed by atoms with van der Waals surface area (Å²) in [6.45, 7) is 0.670. The van der Waals surface area contributed by atoms with Gasteiger partial charge in [-0.2, -0.15) is 0 Å². The fourth-order valence-electron chi connectivity index (χ4n) is 2.51. The van der Waals surface area contributed by atoms with Crippen molar-refractivity contribution in [2.24, 2.45) is 5.92 Å². The number of hydrogen-bond acceptors (Lipinski definition) is 3. The van der Waals surface area contributed by atoms with Gasteiger partial charge in [-0.05, 0) is 43.7 Å². The van der Waals surface area contributed by atoms with Gasteiger partial charge in [-0.1, -0.05) is 12.1 Å². The Bertz CT molecular complexity index is 425. The molecule has 0 saturated heterocycles. The number of benzene rings is 1. The molecule has 104 valence electrons. The predicted octanol–water partition coefficient (Wildman–Crippen LogP) is 1.98. The number of carbonyl (C=O) groups is 1. The summed E-state index contributed by atoms with van der Waals surface area (Å²) in [5, 5.41) is 12.4. The van der Waals surface area contributed by atoms with E-state index in [1.807, 2.05) is 12.1 Å². The maximum Gasteiger partial charge on any atom is 0.255 e. The lowest BCUT2D eigenvalue weighted by Gasteiger charge is -2.25. The molecule has 1 amide bonds. The van der Waals surface area contributed by atoms with Gasteiger partial charge in [-0.25, -0.2) is 0 Å². The third kappa shape index (κ3) is 3.70. The van der Waals surface area contributed by atoms with E-state index < -0.39 is 0 Å². The van der Waals surface area contributed by atoms with Crippen molar-refractivity contribution >= 4 is 5.91 Å². The predicted molar refractivity (Wildman–Crippen MR) is 73.3 cm³/mol. The van der Waals surface area contributed by atoms with Crippen LogP contribution in [-0.2, 0) is 0 Å². The van der Waals surface area contributed by atoms with Crippen molar-refractivity contribution in [1.82, 2.24) is 5.32 Å². The van der Waals surface area contributed by atoms with Gasteiger partial charge in [0.25, 0.3) is 5.91 Å². The molecule has 0 aliphatic heterocycles. The second kappa shape index (κ2) is 6.57. The average Bonchev–Trinajstić information content (AvgIpc) is 2.46. The summed E-state index contributed by atoms with van der Waals surface area (Å²) >= 11 is 0. The van der Waals surface area contributed by atoms with Gasteiger partial charge < -0.3 is 15.2 Å². The molecule has 2 rings (SSSR count). The van der Waals surface area contributed by atoms with Crippen molar-refractivity contribution < 1.29 is 14.6 Å². The van der Waals surface area contributed by atoms with Crippen LogP contribution in [0.4, 0.5) is 0 Å². The molecule has 1 aliphatic rings. The first-order valence-corrected chi connectivity index (χ1v) is 6.80. The van der Waals surface area contributed by atoms with Crippen LogP contribution in [0.3, 0.4) is 0 Å². The minimum absolute atomic E-state index is 0.0939. The van der Waals surface area contributed by atoms with E-state index in [-0.39, 0.29) is 12.0 Å². The van der Waals surface area contributed by atoms with Gasteiger partial charge in [0, 0.05) is 6.54 Å². The second-order valence-corrected chi connectivity index (χ2v) is 5.08. The monoisotopic (exact) mass is 263 g/mol. The minimum atomic E-state index is -0.152. The zero-order valence-electron chi connectivity index (χ0n) is 11.3. The SMILES string of the molecule is COc1ccccc1C(=O)NCC1CCC(O)CC1. The lowest BCUT2D eigenvalue weighted by Crippen LogP contribution is -2.32. The molecule has 1 aliphatic carbocycles. The van der Waals surface area contributed by atoms with E-state index in [0.29, 0.717) is 23.8 Å². The van der Waals surface area contributed by atoms with E-state index in [0.717, 1.165) is 25.7 Å². The molecule has 19 heavy (non-hydrogen) atoms. The van der Waals surface area contributed by atoms with Gasteiger partial charge >= 0.3 is 0 Å². The molecule has 4 nitrogen and oxygen atoms in total. The molecule has 0 bridgehead atoms. The first-order chi connectivity index (χ1) is 9.20. The standard InChI is InChI=1S/C15H21NO3/c1-19-14-5-3-2-4-13(14)15(18)16-10-11-6-8-12(17)9-7-11/h2-5,11-12,17H,6-10H2,1H3,(H,16,18). The number of amides is 1. The molecular formula is C15H21NO3. The van der Waals surface area contributed by atoms with E-state index in [9.17, 15) is 9.90 Å². The van der Waals surface area contributed by atoms with Gasteiger partial charge in [-0.3, -0.25) is 4.79 Å². The van der Waals surface area contributed by atoms with Crippen LogP contribution in [0.5, 0.6) is 5.75 Å². The third-order valence-electron chi connectivity index (χ3n) is 3.72. The van der Waals surface area contributed by atoms with E-state index in [1.54, 1.807) is 19.2 Å². The molecule has 1 aromatic carbocycles. The number of methoxy groups -OCH3 is 1. The van der Waals surface area contributed by atoms with Crippen molar-refractivity contribution in [2.75, 3.05) is 13.7 Å². The summed E-state index contributed by atoms with van der Waals surface area (Å²) < 4.78 is 5.18. The number of aliphatic hydroxyl groups is 1. The van der Waals surface area contributed by atoms with Crippen molar-refractivity contribution in [3.8, 4) is 5.75 Å². The Morgan fingerprint density at radius 3 is 2.68 bits per heavy atom. The quantitative estimate of drug-likeness (QED) is 0.873. The molecule has 0 radical (unpaired) electrons. The molecular weight excluding hydrogens is 242 g/mol. The summed E-state index contributed by atoms with van der Waals surface area (Å²) in [7, 11) is 1.56. The summed E-state index contributed by atoms with van der Waals surface area (Å²) in [5.41, 5.74) is 0.570. The van der Waals surface area contributed by atoms with Crippen LogP contribution >= 0.6 is 0 Å². The molecule has 0 heterocycles. The number of para-hydroxylation sites is 1. The topological polar surface area (TPSA) is 58.6 Å². The lowest BCUT2D eigenvalue weighted by molar-refractivity contribution is 0.0907. The Morgan fingerprint density at radius 1 is 1.32 bits per heavy atom. The Morgan fingerprint density at radius 2 is 2.00 bits per heavy atom. The number of nitrogens with one attached hydrogen (secondary N) is 1. The first-order valence-electron chi connectivity index (χ1n) is 6.80. The molecule has 1 fully saturated rings. The average molecular weight is 263 g/mol. The number of carbonyl (C=O) groups excluding carboxylic acids is 1. The molecule has 0 aromatic heterocycles. The second-order valence-electron chi connectivity index (χ2n) is 5.08. The van der Waals surface area contributed by atoms with E-state index in [2.05, 4.69) is 5.32 Å². The van der Waals surface area contributed by atoms with Gasteiger partial charge in [0.1, 0.15) is 5.75 Å². The van der Waals surface area contributed by atoms with Crippen molar-refractivity contribution in [1.29, 1.82) is 0 Å². The Balaban J connectivity index is 1.87. The van der Waals surface area contributed by atoms with Crippen LogP contribution in [0, 0.1) is 5.92 Å². The van der Waals surface area contributed by atoms with E-state index in [1.165, 1.54) is 0 Å². The molecule has 4 heteroatoms. The van der Waals surface area contributed by atoms with Crippen molar-refractivity contribution in [3.05, 3.63) is 29.8 Å². The highest BCUT2D eigenvalue weighted by atomic mass is 16.5. The summed E-state index contributed by atoms with van der Waals surface area (Å²) in [5.74, 6) is 0.977. The highest BCUT2D eigenvalue weighted by Gasteiger charge is 2.20. The smallest absolute Gasteiger partial charge is 0.255 e. The third-order valence-corrected chi connectivity index (χ3v) is 3.72. The zero-order chi connectivity index (χ0) is 13.7. The Kier molecular flexibility index (Phi) is 4.80. The summed E-state index contributed by atoms with van der Waals surface area (Å²) in [6, 6.07) is 7.22.